The predicted octanol–water partition coefficient (Wildman–Crippen LogP) is 3.20. The lowest BCUT2D eigenvalue weighted by molar-refractivity contribution is 0.856. The van der Waals surface area contributed by atoms with Crippen LogP contribution in [0.1, 0.15) is 0 Å². The van der Waals surface area contributed by atoms with Crippen LogP contribution >= 0.6 is 33.9 Å². The summed E-state index contributed by atoms with van der Waals surface area (Å²) in [6.07, 6.45) is 0. The van der Waals surface area contributed by atoms with Crippen LogP contribution in [0, 0.1) is 3.57 Å². The predicted molar refractivity (Wildman–Crippen MR) is 95.4 cm³/mol. The smallest absolute Gasteiger partial charge is 0.261 e. The maximum Gasteiger partial charge on any atom is 0.261 e. The number of nitrogens with zero attached hydrogens (tertiary/aromatic N) is 1. The molecule has 0 spiro atoms. The second kappa shape index (κ2) is 4.41. The maximum atomic E-state index is 12.1. The van der Waals surface area contributed by atoms with E-state index in [9.17, 15) is 9.59 Å². The van der Waals surface area contributed by atoms with Gasteiger partial charge >= 0.3 is 0 Å². The van der Waals surface area contributed by atoms with E-state index >= 15 is 0 Å². The van der Waals surface area contributed by atoms with Gasteiger partial charge in [-0.2, -0.15) is 0 Å². The van der Waals surface area contributed by atoms with Gasteiger partial charge in [0.25, 0.3) is 11.1 Å². The zero-order chi connectivity index (χ0) is 14.7. The molecule has 0 atom stereocenters. The summed E-state index contributed by atoms with van der Waals surface area (Å²) in [6.45, 7) is 0. The molecule has 0 aliphatic heterocycles. The molecule has 0 saturated heterocycles. The Bertz CT molecular complexity index is 1150. The summed E-state index contributed by atoms with van der Waals surface area (Å²) in [7, 11) is 1.52. The van der Waals surface area contributed by atoms with Crippen LogP contribution in [0.25, 0.3) is 31.2 Å². The van der Waals surface area contributed by atoms with E-state index in [0.717, 1.165) is 28.6 Å². The molecular weight excluding hydrogens is 399 g/mol. The van der Waals surface area contributed by atoms with Gasteiger partial charge in [-0.15, -0.1) is 11.3 Å². The van der Waals surface area contributed by atoms with E-state index in [2.05, 4.69) is 33.6 Å². The van der Waals surface area contributed by atoms with Crippen molar-refractivity contribution in [2.24, 2.45) is 7.05 Å². The number of H-pyrrole nitrogens is 1. The molecule has 0 bridgehead atoms. The summed E-state index contributed by atoms with van der Waals surface area (Å²) in [5.74, 6) is 0. The molecule has 4 aromatic rings. The Morgan fingerprint density at radius 2 is 1.67 bits per heavy atom. The summed E-state index contributed by atoms with van der Waals surface area (Å²) in [5, 5.41) is 0.966. The average molecular weight is 408 g/mol. The monoisotopic (exact) mass is 408 g/mol. The van der Waals surface area contributed by atoms with Gasteiger partial charge in [-0.25, -0.2) is 0 Å². The molecule has 2 aromatic heterocycles. The van der Waals surface area contributed by atoms with Gasteiger partial charge in [-0.1, -0.05) is 0 Å². The summed E-state index contributed by atoms with van der Waals surface area (Å²) in [6, 6.07) is 9.76. The first-order chi connectivity index (χ1) is 10.0. The Labute approximate surface area is 136 Å². The number of aromatic nitrogens is 2. The SMILES string of the molecule is Cn1c(=O)c2cc3[nH]c4ccc(I)cc4sc3cc2c1=O. The molecule has 4 nitrogen and oxygen atoms in total. The number of fused-ring (bicyclic) bond motifs is 3. The topological polar surface area (TPSA) is 54.9 Å². The normalized spacial score (nSPS) is 11.7. The lowest BCUT2D eigenvalue weighted by Gasteiger charge is -2.03. The highest BCUT2D eigenvalue weighted by Crippen LogP contribution is 2.28. The number of aromatic amines is 1. The second-order valence-electron chi connectivity index (χ2n) is 4.93. The molecule has 6 heteroatoms. The Morgan fingerprint density at radius 3 is 2.43 bits per heavy atom. The van der Waals surface area contributed by atoms with Crippen molar-refractivity contribution in [3.63, 3.8) is 0 Å². The molecule has 0 radical (unpaired) electrons. The van der Waals surface area contributed by atoms with Crippen molar-refractivity contribution >= 4 is 65.1 Å². The van der Waals surface area contributed by atoms with E-state index in [1.54, 1.807) is 17.4 Å². The van der Waals surface area contributed by atoms with E-state index in [0.29, 0.717) is 10.8 Å². The molecule has 104 valence electrons. The average Bonchev–Trinajstić information content (AvgIpc) is 2.68. The number of hydrogen-bond donors (Lipinski definition) is 1. The van der Waals surface area contributed by atoms with Crippen LogP contribution in [0.3, 0.4) is 0 Å². The van der Waals surface area contributed by atoms with Gasteiger partial charge in [0.05, 0.1) is 31.2 Å². The van der Waals surface area contributed by atoms with Crippen molar-refractivity contribution in [1.29, 1.82) is 0 Å². The number of nitrogens with one attached hydrogen (secondary N) is 1. The zero-order valence-corrected chi connectivity index (χ0v) is 13.9. The van der Waals surface area contributed by atoms with Gasteiger partial charge in [0.2, 0.25) is 0 Å². The summed E-state index contributed by atoms with van der Waals surface area (Å²) >= 11 is 3.89. The fourth-order valence-corrected chi connectivity index (χ4v) is 4.27. The van der Waals surface area contributed by atoms with Crippen molar-refractivity contribution in [3.8, 4) is 0 Å². The van der Waals surface area contributed by atoms with Crippen LogP contribution < -0.4 is 11.1 Å². The van der Waals surface area contributed by atoms with Crippen molar-refractivity contribution in [2.45, 2.75) is 0 Å². The fourth-order valence-electron chi connectivity index (χ4n) is 2.52. The van der Waals surface area contributed by atoms with E-state index in [-0.39, 0.29) is 11.1 Å². The Kier molecular flexibility index (Phi) is 2.74. The van der Waals surface area contributed by atoms with Crippen molar-refractivity contribution in [1.82, 2.24) is 9.55 Å². The number of halogens is 1. The van der Waals surface area contributed by atoms with Gasteiger partial charge < -0.3 is 4.98 Å². The van der Waals surface area contributed by atoms with Crippen LogP contribution in [0.5, 0.6) is 0 Å². The van der Waals surface area contributed by atoms with Gasteiger partial charge in [-0.05, 0) is 52.9 Å². The molecule has 0 aliphatic carbocycles. The van der Waals surface area contributed by atoms with Crippen molar-refractivity contribution in [3.05, 3.63) is 54.6 Å². The molecule has 2 aromatic carbocycles. The third kappa shape index (κ3) is 1.86. The van der Waals surface area contributed by atoms with Crippen LogP contribution in [0.4, 0.5) is 0 Å². The third-order valence-corrected chi connectivity index (χ3v) is 5.41. The molecule has 0 amide bonds. The number of benzene rings is 2. The molecule has 0 aliphatic rings. The minimum atomic E-state index is -0.238. The highest BCUT2D eigenvalue weighted by molar-refractivity contribution is 14.1. The first-order valence-corrected chi connectivity index (χ1v) is 8.19. The van der Waals surface area contributed by atoms with Crippen molar-refractivity contribution < 1.29 is 0 Å². The summed E-state index contributed by atoms with van der Waals surface area (Å²) < 4.78 is 4.42. The van der Waals surface area contributed by atoms with Gasteiger partial charge in [-0.3, -0.25) is 14.2 Å². The fraction of sp³-hybridized carbons (Fsp3) is 0.0667. The number of rotatable bonds is 0. The molecule has 2 heterocycles. The van der Waals surface area contributed by atoms with Gasteiger partial charge in [0.15, 0.2) is 0 Å². The van der Waals surface area contributed by atoms with E-state index in [1.165, 1.54) is 7.05 Å². The minimum Gasteiger partial charge on any atom is -0.353 e. The van der Waals surface area contributed by atoms with E-state index in [1.807, 2.05) is 18.2 Å². The molecule has 1 N–H and O–H groups in total. The standard InChI is InChI=1S/C15H9IN2O2S/c1-18-14(19)8-5-11-13(6-9(8)15(18)20)21-12-4-7(16)2-3-10(12)17-11/h2-6,17H,1H3. The first kappa shape index (κ1) is 13.0. The van der Waals surface area contributed by atoms with Crippen LogP contribution in [-0.2, 0) is 7.05 Å². The molecular formula is C15H9IN2O2S. The van der Waals surface area contributed by atoms with Crippen LogP contribution in [0.15, 0.2) is 39.9 Å². The third-order valence-electron chi connectivity index (χ3n) is 3.62. The molecule has 21 heavy (non-hydrogen) atoms. The lowest BCUT2D eigenvalue weighted by atomic mass is 10.2. The number of hydrogen-bond acceptors (Lipinski definition) is 3. The van der Waals surface area contributed by atoms with Crippen LogP contribution in [-0.4, -0.2) is 9.55 Å². The molecule has 0 unspecified atom stereocenters. The van der Waals surface area contributed by atoms with Crippen LogP contribution in [0.2, 0.25) is 0 Å². The van der Waals surface area contributed by atoms with E-state index < -0.39 is 0 Å². The minimum absolute atomic E-state index is 0.230. The Morgan fingerprint density at radius 1 is 1.00 bits per heavy atom. The van der Waals surface area contributed by atoms with Gasteiger partial charge in [0, 0.05) is 10.6 Å². The quantitative estimate of drug-likeness (QED) is 0.359. The van der Waals surface area contributed by atoms with E-state index in [4.69, 9.17) is 0 Å². The van der Waals surface area contributed by atoms with Crippen molar-refractivity contribution in [2.75, 3.05) is 0 Å². The largest absolute Gasteiger partial charge is 0.353 e. The highest BCUT2D eigenvalue weighted by Gasteiger charge is 2.12. The highest BCUT2D eigenvalue weighted by atomic mass is 127. The second-order valence-corrected chi connectivity index (χ2v) is 7.26. The lowest BCUT2D eigenvalue weighted by Crippen LogP contribution is -2.20. The zero-order valence-electron chi connectivity index (χ0n) is 10.9. The summed E-state index contributed by atoms with van der Waals surface area (Å²) in [5.41, 5.74) is 1.44. The maximum absolute atomic E-state index is 12.1. The molecule has 0 fully saturated rings. The van der Waals surface area contributed by atoms with Gasteiger partial charge in [0.1, 0.15) is 0 Å². The Balaban J connectivity index is 2.23. The summed E-state index contributed by atoms with van der Waals surface area (Å²) in [4.78, 5) is 27.5. The molecule has 4 rings (SSSR count). The Hall–Kier alpha value is -1.67. The molecule has 0 saturated carbocycles. The first-order valence-electron chi connectivity index (χ1n) is 6.29.